The maximum absolute atomic E-state index is 4.71. The highest BCUT2D eigenvalue weighted by molar-refractivity contribution is 5.79. The largest absolute Gasteiger partial charge is 0.357 e. The number of aromatic nitrogens is 1. The molecule has 2 aromatic rings. The van der Waals surface area contributed by atoms with Gasteiger partial charge in [0.1, 0.15) is 0 Å². The molecule has 150 valence electrons. The van der Waals surface area contributed by atoms with Gasteiger partial charge in [-0.2, -0.15) is 0 Å². The number of fused-ring (bicyclic) bond motifs is 1. The van der Waals surface area contributed by atoms with Crippen molar-refractivity contribution in [2.45, 2.75) is 46.3 Å². The Balaban J connectivity index is 1.63. The lowest BCUT2D eigenvalue weighted by Crippen LogP contribution is -2.50. The highest BCUT2D eigenvalue weighted by Crippen LogP contribution is 2.22. The summed E-state index contributed by atoms with van der Waals surface area (Å²) in [6.07, 6.45) is 2.95. The zero-order chi connectivity index (χ0) is 19.8. The van der Waals surface area contributed by atoms with Crippen molar-refractivity contribution in [2.24, 2.45) is 10.9 Å². The molecule has 0 spiro atoms. The lowest BCUT2D eigenvalue weighted by atomic mass is 9.95. The predicted molar refractivity (Wildman–Crippen MR) is 116 cm³/mol. The van der Waals surface area contributed by atoms with E-state index in [1.165, 1.54) is 11.1 Å². The minimum absolute atomic E-state index is 0.465. The van der Waals surface area contributed by atoms with E-state index in [-0.39, 0.29) is 0 Å². The Labute approximate surface area is 169 Å². The van der Waals surface area contributed by atoms with E-state index in [1.54, 1.807) is 0 Å². The maximum atomic E-state index is 4.71. The van der Waals surface area contributed by atoms with Crippen LogP contribution in [0.1, 0.15) is 37.6 Å². The van der Waals surface area contributed by atoms with E-state index in [0.717, 1.165) is 44.3 Å². The quantitative estimate of drug-likeness (QED) is 0.573. The van der Waals surface area contributed by atoms with Crippen LogP contribution in [0.25, 0.3) is 0 Å². The molecule has 0 bridgehead atoms. The van der Waals surface area contributed by atoms with Gasteiger partial charge in [0.15, 0.2) is 5.96 Å². The van der Waals surface area contributed by atoms with Crippen molar-refractivity contribution >= 4 is 5.96 Å². The first-order valence-electron chi connectivity index (χ1n) is 10.4. The first-order valence-corrected chi connectivity index (χ1v) is 10.4. The summed E-state index contributed by atoms with van der Waals surface area (Å²) >= 11 is 0. The van der Waals surface area contributed by atoms with Gasteiger partial charge >= 0.3 is 0 Å². The van der Waals surface area contributed by atoms with Crippen molar-refractivity contribution in [3.05, 3.63) is 65.5 Å². The SMILES string of the molecule is CCNC(=NCc1ccccn1)NCC(C(C)C)N1CCc2ccccc2C1. The molecule has 2 N–H and O–H groups in total. The Bertz CT molecular complexity index is 757. The van der Waals surface area contributed by atoms with Crippen molar-refractivity contribution in [2.75, 3.05) is 19.6 Å². The molecule has 5 heteroatoms. The van der Waals surface area contributed by atoms with Crippen LogP contribution in [0.2, 0.25) is 0 Å². The minimum atomic E-state index is 0.465. The molecule has 1 unspecified atom stereocenters. The van der Waals surface area contributed by atoms with Crippen molar-refractivity contribution in [1.29, 1.82) is 0 Å². The summed E-state index contributed by atoms with van der Waals surface area (Å²) in [5.74, 6) is 1.42. The van der Waals surface area contributed by atoms with E-state index >= 15 is 0 Å². The van der Waals surface area contributed by atoms with Crippen molar-refractivity contribution in [3.8, 4) is 0 Å². The normalized spacial score (nSPS) is 15.9. The Hall–Kier alpha value is -2.40. The summed E-state index contributed by atoms with van der Waals surface area (Å²) in [7, 11) is 0. The van der Waals surface area contributed by atoms with Gasteiger partial charge in [-0.3, -0.25) is 9.88 Å². The van der Waals surface area contributed by atoms with E-state index in [4.69, 9.17) is 4.99 Å². The summed E-state index contributed by atoms with van der Waals surface area (Å²) in [5.41, 5.74) is 3.95. The molecule has 28 heavy (non-hydrogen) atoms. The van der Waals surface area contributed by atoms with E-state index in [1.807, 2.05) is 24.4 Å². The molecule has 0 aliphatic carbocycles. The van der Waals surface area contributed by atoms with E-state index in [0.29, 0.717) is 18.5 Å². The fraction of sp³-hybridized carbons (Fsp3) is 0.478. The third-order valence-corrected chi connectivity index (χ3v) is 5.35. The molecule has 0 radical (unpaired) electrons. The number of nitrogens with zero attached hydrogens (tertiary/aromatic N) is 3. The number of guanidine groups is 1. The third kappa shape index (κ3) is 5.55. The predicted octanol–water partition coefficient (Wildman–Crippen LogP) is 3.22. The lowest BCUT2D eigenvalue weighted by molar-refractivity contribution is 0.140. The summed E-state index contributed by atoms with van der Waals surface area (Å²) in [4.78, 5) is 11.7. The number of benzene rings is 1. The minimum Gasteiger partial charge on any atom is -0.357 e. The molecule has 1 aromatic heterocycles. The van der Waals surface area contributed by atoms with E-state index in [2.05, 4.69) is 65.6 Å². The van der Waals surface area contributed by atoms with Gasteiger partial charge in [-0.25, -0.2) is 4.99 Å². The molecule has 5 nitrogen and oxygen atoms in total. The van der Waals surface area contributed by atoms with Crippen molar-refractivity contribution in [1.82, 2.24) is 20.5 Å². The van der Waals surface area contributed by atoms with Gasteiger partial charge in [0.2, 0.25) is 0 Å². The number of rotatable bonds is 7. The fourth-order valence-electron chi connectivity index (χ4n) is 3.78. The van der Waals surface area contributed by atoms with Gasteiger partial charge < -0.3 is 10.6 Å². The first-order chi connectivity index (χ1) is 13.7. The highest BCUT2D eigenvalue weighted by Gasteiger charge is 2.25. The molecular weight excluding hydrogens is 346 g/mol. The summed E-state index contributed by atoms with van der Waals surface area (Å²) in [6.45, 7) is 11.2. The van der Waals surface area contributed by atoms with Crippen molar-refractivity contribution < 1.29 is 0 Å². The highest BCUT2D eigenvalue weighted by atomic mass is 15.2. The topological polar surface area (TPSA) is 52.6 Å². The second-order valence-electron chi connectivity index (χ2n) is 7.70. The molecular formula is C23H33N5. The summed E-state index contributed by atoms with van der Waals surface area (Å²) in [6, 6.07) is 15.2. The monoisotopic (exact) mass is 379 g/mol. The molecule has 0 saturated carbocycles. The zero-order valence-electron chi connectivity index (χ0n) is 17.4. The van der Waals surface area contributed by atoms with E-state index < -0.39 is 0 Å². The van der Waals surface area contributed by atoms with Crippen LogP contribution < -0.4 is 10.6 Å². The average Bonchev–Trinajstić information content (AvgIpc) is 2.72. The fourth-order valence-corrected chi connectivity index (χ4v) is 3.78. The molecule has 2 heterocycles. The summed E-state index contributed by atoms with van der Waals surface area (Å²) < 4.78 is 0. The number of hydrogen-bond donors (Lipinski definition) is 2. The first kappa shape index (κ1) is 20.3. The zero-order valence-corrected chi connectivity index (χ0v) is 17.4. The standard InChI is InChI=1S/C23H33N5/c1-4-24-23(26-15-21-11-7-8-13-25-21)27-16-22(18(2)3)28-14-12-19-9-5-6-10-20(19)17-28/h5-11,13,18,22H,4,12,14-17H2,1-3H3,(H2,24,26,27). The van der Waals surface area contributed by atoms with Gasteiger partial charge in [0.05, 0.1) is 12.2 Å². The van der Waals surface area contributed by atoms with Gasteiger partial charge in [-0.05, 0) is 42.5 Å². The van der Waals surface area contributed by atoms with Crippen LogP contribution in [0.5, 0.6) is 0 Å². The van der Waals surface area contributed by atoms with Crippen LogP contribution in [0, 0.1) is 5.92 Å². The van der Waals surface area contributed by atoms with Crippen molar-refractivity contribution in [3.63, 3.8) is 0 Å². The molecule has 1 aromatic carbocycles. The Morgan fingerprint density at radius 3 is 2.61 bits per heavy atom. The lowest BCUT2D eigenvalue weighted by Gasteiger charge is -2.38. The van der Waals surface area contributed by atoms with Crippen LogP contribution in [0.4, 0.5) is 0 Å². The van der Waals surface area contributed by atoms with Gasteiger partial charge in [0.25, 0.3) is 0 Å². The van der Waals surface area contributed by atoms with Gasteiger partial charge in [0, 0.05) is 38.4 Å². The molecule has 0 fully saturated rings. The molecule has 0 amide bonds. The van der Waals surface area contributed by atoms with Crippen LogP contribution in [-0.2, 0) is 19.5 Å². The molecule has 1 aliphatic heterocycles. The average molecular weight is 380 g/mol. The van der Waals surface area contributed by atoms with E-state index in [9.17, 15) is 0 Å². The van der Waals surface area contributed by atoms with Crippen LogP contribution >= 0.6 is 0 Å². The number of aliphatic imine (C=N–C) groups is 1. The Kier molecular flexibility index (Phi) is 7.43. The Morgan fingerprint density at radius 2 is 1.89 bits per heavy atom. The number of pyridine rings is 1. The van der Waals surface area contributed by atoms with Gasteiger partial charge in [-0.15, -0.1) is 0 Å². The molecule has 0 saturated heterocycles. The third-order valence-electron chi connectivity index (χ3n) is 5.35. The van der Waals surface area contributed by atoms with Gasteiger partial charge in [-0.1, -0.05) is 44.2 Å². The smallest absolute Gasteiger partial charge is 0.191 e. The summed E-state index contributed by atoms with van der Waals surface area (Å²) in [5, 5.41) is 6.92. The second-order valence-corrected chi connectivity index (χ2v) is 7.70. The van der Waals surface area contributed by atoms with Crippen LogP contribution in [0.15, 0.2) is 53.7 Å². The van der Waals surface area contributed by atoms with Crippen LogP contribution in [0.3, 0.4) is 0 Å². The van der Waals surface area contributed by atoms with Crippen LogP contribution in [-0.4, -0.2) is 41.5 Å². The second kappa shape index (κ2) is 10.2. The molecule has 1 aliphatic rings. The molecule has 1 atom stereocenters. The number of hydrogen-bond acceptors (Lipinski definition) is 3. The number of nitrogens with one attached hydrogen (secondary N) is 2. The maximum Gasteiger partial charge on any atom is 0.191 e. The molecule has 3 rings (SSSR count). The Morgan fingerprint density at radius 1 is 1.11 bits per heavy atom.